The molecule has 2 aromatic heterocycles. The van der Waals surface area contributed by atoms with Crippen molar-refractivity contribution in [2.24, 2.45) is 0 Å². The summed E-state index contributed by atoms with van der Waals surface area (Å²) in [6.07, 6.45) is 4.26. The SMILES string of the molecule is Cc1ccc(-c2nnco2)cc1NC(=O)c1cn[nH]c1. The Hall–Kier alpha value is -2.96. The molecule has 100 valence electrons. The molecule has 0 saturated heterocycles. The molecule has 0 radical (unpaired) electrons. The van der Waals surface area contributed by atoms with E-state index in [9.17, 15) is 4.79 Å². The fraction of sp³-hybridized carbons (Fsp3) is 0.0769. The molecule has 0 saturated carbocycles. The van der Waals surface area contributed by atoms with Crippen molar-refractivity contribution in [2.45, 2.75) is 6.92 Å². The summed E-state index contributed by atoms with van der Waals surface area (Å²) in [5.41, 5.74) is 2.83. The molecule has 1 aromatic carbocycles. The molecule has 0 bridgehead atoms. The van der Waals surface area contributed by atoms with Gasteiger partial charge in [-0.15, -0.1) is 10.2 Å². The summed E-state index contributed by atoms with van der Waals surface area (Å²) in [6.45, 7) is 1.91. The third-order valence-electron chi connectivity index (χ3n) is 2.85. The smallest absolute Gasteiger partial charge is 0.258 e. The lowest BCUT2D eigenvalue weighted by Crippen LogP contribution is -2.12. The number of nitrogens with zero attached hydrogens (tertiary/aromatic N) is 3. The van der Waals surface area contributed by atoms with E-state index in [1.54, 1.807) is 6.07 Å². The van der Waals surface area contributed by atoms with Crippen LogP contribution in [0.4, 0.5) is 5.69 Å². The number of carbonyl (C=O) groups is 1. The first kappa shape index (κ1) is 12.1. The second-order valence-electron chi connectivity index (χ2n) is 4.21. The van der Waals surface area contributed by atoms with Crippen LogP contribution in [0.15, 0.2) is 41.4 Å². The average molecular weight is 269 g/mol. The number of hydrogen-bond acceptors (Lipinski definition) is 5. The Morgan fingerprint density at radius 2 is 2.30 bits per heavy atom. The van der Waals surface area contributed by atoms with Gasteiger partial charge in [0.2, 0.25) is 12.3 Å². The Bertz CT molecular complexity index is 719. The van der Waals surface area contributed by atoms with Gasteiger partial charge in [-0.25, -0.2) is 0 Å². The predicted molar refractivity (Wildman–Crippen MR) is 71.0 cm³/mol. The maximum atomic E-state index is 12.0. The number of aryl methyl sites for hydroxylation is 1. The Balaban J connectivity index is 1.89. The number of hydrogen-bond donors (Lipinski definition) is 2. The van der Waals surface area contributed by atoms with E-state index in [0.717, 1.165) is 11.1 Å². The molecule has 0 atom stereocenters. The summed E-state index contributed by atoms with van der Waals surface area (Å²) in [4.78, 5) is 12.0. The van der Waals surface area contributed by atoms with Gasteiger partial charge in [-0.05, 0) is 24.6 Å². The van der Waals surface area contributed by atoms with Crippen molar-refractivity contribution in [3.8, 4) is 11.5 Å². The van der Waals surface area contributed by atoms with Crippen LogP contribution in [0, 0.1) is 6.92 Å². The van der Waals surface area contributed by atoms with Gasteiger partial charge in [0.25, 0.3) is 5.91 Å². The number of nitrogens with one attached hydrogen (secondary N) is 2. The van der Waals surface area contributed by atoms with E-state index in [-0.39, 0.29) is 5.91 Å². The van der Waals surface area contributed by atoms with Gasteiger partial charge in [-0.1, -0.05) is 6.07 Å². The van der Waals surface area contributed by atoms with Crippen LogP contribution in [-0.2, 0) is 0 Å². The number of carbonyl (C=O) groups excluding carboxylic acids is 1. The highest BCUT2D eigenvalue weighted by atomic mass is 16.4. The molecule has 2 N–H and O–H groups in total. The zero-order valence-electron chi connectivity index (χ0n) is 10.6. The molecule has 7 heteroatoms. The Labute approximate surface area is 114 Å². The van der Waals surface area contributed by atoms with Gasteiger partial charge in [-0.2, -0.15) is 5.10 Å². The summed E-state index contributed by atoms with van der Waals surface area (Å²) in [5, 5.41) is 16.7. The van der Waals surface area contributed by atoms with Crippen LogP contribution in [-0.4, -0.2) is 26.3 Å². The summed E-state index contributed by atoms with van der Waals surface area (Å²) < 4.78 is 5.14. The molecule has 0 aliphatic carbocycles. The minimum absolute atomic E-state index is 0.232. The van der Waals surface area contributed by atoms with Gasteiger partial charge >= 0.3 is 0 Å². The van der Waals surface area contributed by atoms with E-state index in [1.165, 1.54) is 18.8 Å². The third kappa shape index (κ3) is 2.28. The maximum Gasteiger partial charge on any atom is 0.258 e. The van der Waals surface area contributed by atoms with Crippen LogP contribution >= 0.6 is 0 Å². The van der Waals surface area contributed by atoms with Crippen LogP contribution in [0.25, 0.3) is 11.5 Å². The highest BCUT2D eigenvalue weighted by molar-refractivity contribution is 6.04. The fourth-order valence-corrected chi connectivity index (χ4v) is 1.76. The lowest BCUT2D eigenvalue weighted by atomic mass is 10.1. The van der Waals surface area contributed by atoms with Crippen molar-refractivity contribution in [3.05, 3.63) is 48.1 Å². The second kappa shape index (κ2) is 4.96. The normalized spacial score (nSPS) is 10.4. The summed E-state index contributed by atoms with van der Waals surface area (Å²) in [5.74, 6) is 0.174. The van der Waals surface area contributed by atoms with E-state index >= 15 is 0 Å². The van der Waals surface area contributed by atoms with Gasteiger partial charge < -0.3 is 9.73 Å². The van der Waals surface area contributed by atoms with Crippen LogP contribution < -0.4 is 5.32 Å². The Morgan fingerprint density at radius 1 is 1.40 bits per heavy atom. The Kier molecular flexibility index (Phi) is 3.00. The minimum Gasteiger partial charge on any atom is -0.423 e. The van der Waals surface area contributed by atoms with Crippen molar-refractivity contribution >= 4 is 11.6 Å². The molecular formula is C13H11N5O2. The van der Waals surface area contributed by atoms with Crippen molar-refractivity contribution in [2.75, 3.05) is 5.32 Å². The summed E-state index contributed by atoms with van der Waals surface area (Å²) in [7, 11) is 0. The van der Waals surface area contributed by atoms with Crippen molar-refractivity contribution in [1.82, 2.24) is 20.4 Å². The molecule has 2 heterocycles. The fourth-order valence-electron chi connectivity index (χ4n) is 1.76. The molecule has 1 amide bonds. The first-order valence-corrected chi connectivity index (χ1v) is 5.91. The van der Waals surface area contributed by atoms with Crippen molar-refractivity contribution < 1.29 is 9.21 Å². The zero-order valence-corrected chi connectivity index (χ0v) is 10.6. The highest BCUT2D eigenvalue weighted by Gasteiger charge is 2.11. The van der Waals surface area contributed by atoms with Crippen LogP contribution in [0.1, 0.15) is 15.9 Å². The van der Waals surface area contributed by atoms with E-state index in [4.69, 9.17) is 4.42 Å². The lowest BCUT2D eigenvalue weighted by Gasteiger charge is -2.08. The molecule has 0 fully saturated rings. The Morgan fingerprint density at radius 3 is 3.00 bits per heavy atom. The van der Waals surface area contributed by atoms with E-state index in [1.807, 2.05) is 19.1 Å². The standard InChI is InChI=1S/C13H11N5O2/c1-8-2-3-9(13-18-16-7-20-13)4-11(8)17-12(19)10-5-14-15-6-10/h2-7H,1H3,(H,14,15)(H,17,19). The highest BCUT2D eigenvalue weighted by Crippen LogP contribution is 2.24. The van der Waals surface area contributed by atoms with E-state index in [2.05, 4.69) is 25.7 Å². The monoisotopic (exact) mass is 269 g/mol. The molecule has 3 rings (SSSR count). The van der Waals surface area contributed by atoms with Gasteiger partial charge in [0.05, 0.1) is 11.8 Å². The quantitative estimate of drug-likeness (QED) is 0.758. The number of amides is 1. The maximum absolute atomic E-state index is 12.0. The number of aromatic nitrogens is 4. The number of benzene rings is 1. The van der Waals surface area contributed by atoms with Gasteiger partial charge in [-0.3, -0.25) is 9.89 Å². The number of anilines is 1. The van der Waals surface area contributed by atoms with Gasteiger partial charge in [0.1, 0.15) is 0 Å². The first-order valence-electron chi connectivity index (χ1n) is 5.91. The molecule has 0 unspecified atom stereocenters. The number of H-pyrrole nitrogens is 1. The minimum atomic E-state index is -0.232. The van der Waals surface area contributed by atoms with E-state index in [0.29, 0.717) is 17.1 Å². The van der Waals surface area contributed by atoms with Crippen molar-refractivity contribution in [1.29, 1.82) is 0 Å². The molecule has 0 spiro atoms. The second-order valence-corrected chi connectivity index (χ2v) is 4.21. The molecule has 3 aromatic rings. The summed E-state index contributed by atoms with van der Waals surface area (Å²) >= 11 is 0. The van der Waals surface area contributed by atoms with Crippen LogP contribution in [0.2, 0.25) is 0 Å². The molecule has 7 nitrogen and oxygen atoms in total. The lowest BCUT2D eigenvalue weighted by molar-refractivity contribution is 0.102. The molecule has 0 aliphatic heterocycles. The van der Waals surface area contributed by atoms with E-state index < -0.39 is 0 Å². The van der Waals surface area contributed by atoms with Crippen LogP contribution in [0.3, 0.4) is 0 Å². The van der Waals surface area contributed by atoms with Crippen molar-refractivity contribution in [3.63, 3.8) is 0 Å². The molecule has 20 heavy (non-hydrogen) atoms. The van der Waals surface area contributed by atoms with Crippen LogP contribution in [0.5, 0.6) is 0 Å². The largest absolute Gasteiger partial charge is 0.423 e. The summed E-state index contributed by atoms with van der Waals surface area (Å²) in [6, 6.07) is 5.53. The third-order valence-corrected chi connectivity index (χ3v) is 2.85. The van der Waals surface area contributed by atoms with Gasteiger partial charge in [0, 0.05) is 17.4 Å². The van der Waals surface area contributed by atoms with Gasteiger partial charge in [0.15, 0.2) is 0 Å². The number of aromatic amines is 1. The first-order chi connectivity index (χ1) is 9.74. The number of rotatable bonds is 3. The average Bonchev–Trinajstić information content (AvgIpc) is 3.14. The topological polar surface area (TPSA) is 96.7 Å². The molecular weight excluding hydrogens is 258 g/mol. The predicted octanol–water partition coefficient (Wildman–Crippen LogP) is 2.02. The zero-order chi connectivity index (χ0) is 13.9. The molecule has 0 aliphatic rings.